The highest BCUT2D eigenvalue weighted by atomic mass is 32.2. The summed E-state index contributed by atoms with van der Waals surface area (Å²) in [7, 11) is -2.67. The highest BCUT2D eigenvalue weighted by molar-refractivity contribution is 7.93. The second-order valence-electron chi connectivity index (χ2n) is 9.02. The Morgan fingerprint density at radius 3 is 2.24 bits per heavy atom. The highest BCUT2D eigenvalue weighted by Gasteiger charge is 2.48. The van der Waals surface area contributed by atoms with Gasteiger partial charge in [-0.2, -0.15) is 0 Å². The monoisotopic (exact) mass is 591 g/mol. The zero-order valence-corrected chi connectivity index (χ0v) is 23.2. The number of methoxy groups -OCH3 is 1. The van der Waals surface area contributed by atoms with Gasteiger partial charge in [0.2, 0.25) is 9.84 Å². The van der Waals surface area contributed by atoms with E-state index in [9.17, 15) is 33.2 Å². The number of carbonyl (C=O) groups is 2. The molecule has 5 rings (SSSR count). The molecule has 1 aliphatic heterocycles. The number of nitrogens with zero attached hydrogens (tertiary/aromatic N) is 3. The van der Waals surface area contributed by atoms with Gasteiger partial charge < -0.3 is 9.84 Å². The van der Waals surface area contributed by atoms with E-state index in [-0.39, 0.29) is 31.3 Å². The summed E-state index contributed by atoms with van der Waals surface area (Å²) in [6, 6.07) is 16.5. The van der Waals surface area contributed by atoms with Crippen LogP contribution in [0, 0.1) is 17.0 Å². The molecule has 208 valence electrons. The number of amides is 1. The Morgan fingerprint density at radius 1 is 1.02 bits per heavy atom. The van der Waals surface area contributed by atoms with Crippen molar-refractivity contribution in [2.24, 2.45) is 0 Å². The molecule has 1 atom stereocenters. The molecule has 0 unspecified atom stereocenters. The normalized spacial score (nSPS) is 16.6. The lowest BCUT2D eigenvalue weighted by Gasteiger charge is -2.23. The van der Waals surface area contributed by atoms with Gasteiger partial charge in [-0.1, -0.05) is 53.3 Å². The van der Waals surface area contributed by atoms with Crippen LogP contribution in [0.15, 0.2) is 93.7 Å². The zero-order chi connectivity index (χ0) is 29.5. The first-order chi connectivity index (χ1) is 19.5. The van der Waals surface area contributed by atoms with E-state index in [1.54, 1.807) is 48.5 Å². The fourth-order valence-corrected chi connectivity index (χ4v) is 6.89. The maximum Gasteiger partial charge on any atom is 0.301 e. The number of non-ortho nitro benzene ring substituents is 1. The van der Waals surface area contributed by atoms with Crippen molar-refractivity contribution in [3.8, 4) is 5.75 Å². The summed E-state index contributed by atoms with van der Waals surface area (Å²) in [6.45, 7) is 1.87. The summed E-state index contributed by atoms with van der Waals surface area (Å²) < 4.78 is 31.5. The summed E-state index contributed by atoms with van der Waals surface area (Å²) in [5, 5.41) is 22.1. The number of Topliss-reactive ketones (excluding diaryl/α,β-unsaturated/α-hetero) is 1. The largest absolute Gasteiger partial charge is 0.507 e. The third-order valence-corrected chi connectivity index (χ3v) is 9.73. The Kier molecular flexibility index (Phi) is 7.15. The van der Waals surface area contributed by atoms with Crippen molar-refractivity contribution in [3.63, 3.8) is 0 Å². The number of aromatic nitrogens is 1. The van der Waals surface area contributed by atoms with Gasteiger partial charge in [0, 0.05) is 17.7 Å². The van der Waals surface area contributed by atoms with Crippen molar-refractivity contribution in [3.05, 3.63) is 111 Å². The van der Waals surface area contributed by atoms with Gasteiger partial charge in [-0.05, 0) is 36.8 Å². The fourth-order valence-electron chi connectivity index (χ4n) is 4.35. The van der Waals surface area contributed by atoms with Gasteiger partial charge in [-0.25, -0.2) is 13.4 Å². The van der Waals surface area contributed by atoms with Crippen LogP contribution in [-0.2, 0) is 19.4 Å². The number of nitro groups is 1. The zero-order valence-electron chi connectivity index (χ0n) is 21.5. The lowest BCUT2D eigenvalue weighted by atomic mass is 9.95. The minimum absolute atomic E-state index is 0.0867. The number of aryl methyl sites for hydroxylation is 1. The van der Waals surface area contributed by atoms with E-state index in [0.29, 0.717) is 28.2 Å². The number of thiazole rings is 1. The van der Waals surface area contributed by atoms with Crippen molar-refractivity contribution >= 4 is 49.4 Å². The predicted octanol–water partition coefficient (Wildman–Crippen LogP) is 4.83. The van der Waals surface area contributed by atoms with Crippen LogP contribution in [0.3, 0.4) is 0 Å². The fraction of sp³-hybridized carbons (Fsp3) is 0.107. The van der Waals surface area contributed by atoms with Crippen molar-refractivity contribution in [2.45, 2.75) is 22.1 Å². The molecule has 41 heavy (non-hydrogen) atoms. The number of nitro benzene ring substituents is 1. The molecule has 2 heterocycles. The molecule has 1 fully saturated rings. The third kappa shape index (κ3) is 4.96. The van der Waals surface area contributed by atoms with E-state index >= 15 is 0 Å². The molecule has 0 spiro atoms. The standard InChI is InChI=1S/C28H21N3O8S2/c1-16-3-5-18(6-4-16)25(32)23-24(17-7-11-20(39-2)12-8-17)30(27(34)26(23)33)28-29-15-22(40-28)41(37,38)21-13-9-19(10-14-21)31(35)36/h3-15,24,32H,1-2H3/b25-23+/t24-/m1/s1. The van der Waals surface area contributed by atoms with Crippen LogP contribution >= 0.6 is 11.3 Å². The molecule has 13 heteroatoms. The molecule has 0 aliphatic carbocycles. The number of benzene rings is 3. The van der Waals surface area contributed by atoms with E-state index < -0.39 is 32.5 Å². The molecule has 0 radical (unpaired) electrons. The summed E-state index contributed by atoms with van der Waals surface area (Å²) in [5.41, 5.74) is 1.25. The van der Waals surface area contributed by atoms with Crippen molar-refractivity contribution in [1.29, 1.82) is 0 Å². The van der Waals surface area contributed by atoms with Gasteiger partial charge in [0.15, 0.2) is 5.13 Å². The number of rotatable bonds is 7. The Hall–Kier alpha value is -4.88. The number of aliphatic hydroxyl groups is 1. The quantitative estimate of drug-likeness (QED) is 0.105. The molecule has 1 saturated heterocycles. The van der Waals surface area contributed by atoms with E-state index in [0.717, 1.165) is 40.9 Å². The maximum atomic E-state index is 13.4. The van der Waals surface area contributed by atoms with Gasteiger partial charge in [0.1, 0.15) is 15.7 Å². The second kappa shape index (κ2) is 10.6. The molecule has 3 aromatic carbocycles. The smallest absolute Gasteiger partial charge is 0.301 e. The van der Waals surface area contributed by atoms with Crippen LogP contribution in [0.1, 0.15) is 22.7 Å². The van der Waals surface area contributed by atoms with E-state index in [1.165, 1.54) is 7.11 Å². The first-order valence-electron chi connectivity index (χ1n) is 12.0. The van der Waals surface area contributed by atoms with Gasteiger partial charge in [0.05, 0.1) is 34.7 Å². The van der Waals surface area contributed by atoms with Crippen molar-refractivity contribution < 1.29 is 32.8 Å². The molecular formula is C28H21N3O8S2. The van der Waals surface area contributed by atoms with Crippen LogP contribution < -0.4 is 9.64 Å². The lowest BCUT2D eigenvalue weighted by molar-refractivity contribution is -0.384. The number of aliphatic hydroxyl groups excluding tert-OH is 1. The molecule has 1 aromatic heterocycles. The molecule has 1 N–H and O–H groups in total. The van der Waals surface area contributed by atoms with Crippen LogP contribution in [-0.4, -0.2) is 42.2 Å². The Balaban J connectivity index is 1.62. The average Bonchev–Trinajstić information content (AvgIpc) is 3.56. The predicted molar refractivity (Wildman–Crippen MR) is 150 cm³/mol. The SMILES string of the molecule is COc1ccc([C@@H]2/C(=C(\O)c3ccc(C)cc3)C(=O)C(=O)N2c2ncc(S(=O)(=O)c3ccc([N+](=O)[O-])cc3)s2)cc1. The van der Waals surface area contributed by atoms with Crippen LogP contribution in [0.25, 0.3) is 5.76 Å². The molecular weight excluding hydrogens is 570 g/mol. The molecule has 11 nitrogen and oxygen atoms in total. The first kappa shape index (κ1) is 27.7. The van der Waals surface area contributed by atoms with Crippen molar-refractivity contribution in [2.75, 3.05) is 12.0 Å². The average molecular weight is 592 g/mol. The van der Waals surface area contributed by atoms with Crippen LogP contribution in [0.2, 0.25) is 0 Å². The van der Waals surface area contributed by atoms with Crippen LogP contribution in [0.5, 0.6) is 5.75 Å². The number of carbonyl (C=O) groups excluding carboxylic acids is 2. The van der Waals surface area contributed by atoms with Gasteiger partial charge in [-0.3, -0.25) is 24.6 Å². The number of hydrogen-bond donors (Lipinski definition) is 1. The summed E-state index contributed by atoms with van der Waals surface area (Å²) >= 11 is 0.657. The number of hydrogen-bond acceptors (Lipinski definition) is 10. The summed E-state index contributed by atoms with van der Waals surface area (Å²) in [5.74, 6) is -1.82. The summed E-state index contributed by atoms with van der Waals surface area (Å²) in [6.07, 6.45) is 1.06. The minimum Gasteiger partial charge on any atom is -0.507 e. The topological polar surface area (TPSA) is 157 Å². The molecule has 0 saturated carbocycles. The first-order valence-corrected chi connectivity index (χ1v) is 14.3. The van der Waals surface area contributed by atoms with E-state index in [1.807, 2.05) is 6.92 Å². The molecule has 1 amide bonds. The molecule has 0 bridgehead atoms. The second-order valence-corrected chi connectivity index (χ2v) is 12.2. The third-order valence-electron chi connectivity index (χ3n) is 6.50. The van der Waals surface area contributed by atoms with Gasteiger partial charge in [-0.15, -0.1) is 0 Å². The van der Waals surface area contributed by atoms with Gasteiger partial charge in [0.25, 0.3) is 11.5 Å². The summed E-state index contributed by atoms with van der Waals surface area (Å²) in [4.78, 5) is 42.1. The Labute approximate surface area is 238 Å². The maximum absolute atomic E-state index is 13.4. The van der Waals surface area contributed by atoms with Crippen LogP contribution in [0.4, 0.5) is 10.8 Å². The number of anilines is 1. The number of sulfone groups is 1. The highest BCUT2D eigenvalue weighted by Crippen LogP contribution is 2.44. The lowest BCUT2D eigenvalue weighted by Crippen LogP contribution is -2.29. The van der Waals surface area contributed by atoms with Crippen molar-refractivity contribution in [1.82, 2.24) is 4.98 Å². The number of ether oxygens (including phenoxy) is 1. The van der Waals surface area contributed by atoms with E-state index in [4.69, 9.17) is 4.74 Å². The minimum atomic E-state index is -4.16. The van der Waals surface area contributed by atoms with E-state index in [2.05, 4.69) is 4.98 Å². The molecule has 1 aliphatic rings. The molecule has 4 aromatic rings. The number of ketones is 1. The Morgan fingerprint density at radius 2 is 1.66 bits per heavy atom. The van der Waals surface area contributed by atoms with Gasteiger partial charge >= 0.3 is 5.91 Å². The Bertz CT molecular complexity index is 1810.